The molecular weight excluding hydrogens is 534 g/mol. The first-order valence-corrected chi connectivity index (χ1v) is 18.9. The monoisotopic (exact) mass is 568 g/mol. The van der Waals surface area contributed by atoms with Gasteiger partial charge < -0.3 is 0 Å². The summed E-state index contributed by atoms with van der Waals surface area (Å²) in [5.74, 6) is 13.2. The van der Waals surface area contributed by atoms with E-state index in [2.05, 4.69) is 102 Å². The van der Waals surface area contributed by atoms with E-state index in [4.69, 9.17) is 17.0 Å². The van der Waals surface area contributed by atoms with E-state index < -0.39 is 20.8 Å². The maximum atomic E-state index is 4.93. The van der Waals surface area contributed by atoms with Crippen molar-refractivity contribution in [2.24, 2.45) is 29.1 Å². The Labute approximate surface area is 228 Å². The SMILES string of the molecule is CC(C)[C@@H]1CC[C@@H](C)C[C@@H]1[C]1[CH][CH][C](C(C)(C)[C]2[C]3C=CC=C[C]3[C]3C=CC=C[C]32)[CH]1.[Cl][Zr+2][Cl]. The molecule has 0 bridgehead atoms. The average molecular weight is 571 g/mol. The van der Waals surface area contributed by atoms with Crippen LogP contribution in [0.25, 0.3) is 0 Å². The molecule has 0 aromatic heterocycles. The third-order valence-corrected chi connectivity index (χ3v) is 8.26. The molecule has 176 valence electrons. The molecule has 3 atom stereocenters. The standard InChI is InChI=1S/C31H36.2ClH.Zr/c1-20(2)24-17-14-21(3)18-29(24)22-15-16-23(19-22)31(4,5)30-27-12-8-6-10-25(27)26-11-7-9-13-28(26)30;;;/h6-13,15-16,19-21,24,29H,14,17-18H2,1-5H3;2*1H;/q;;;+4/p-2/t21-,24+,29-;;;/m1.../s1. The van der Waals surface area contributed by atoms with Gasteiger partial charge in [-0.1, -0.05) is 89.6 Å². The first-order chi connectivity index (χ1) is 16.3. The normalized spacial score (nSPS) is 31.6. The van der Waals surface area contributed by atoms with Gasteiger partial charge in [0.25, 0.3) is 0 Å². The van der Waals surface area contributed by atoms with Crippen LogP contribution >= 0.6 is 17.0 Å². The van der Waals surface area contributed by atoms with Crippen LogP contribution in [0.1, 0.15) is 53.9 Å². The molecule has 3 fully saturated rings. The maximum absolute atomic E-state index is 4.93. The van der Waals surface area contributed by atoms with Crippen molar-refractivity contribution in [1.82, 2.24) is 0 Å². The minimum absolute atomic E-state index is 0.0332. The van der Waals surface area contributed by atoms with Crippen LogP contribution in [-0.4, -0.2) is 0 Å². The van der Waals surface area contributed by atoms with E-state index in [0.29, 0.717) is 5.92 Å². The van der Waals surface area contributed by atoms with Crippen molar-refractivity contribution in [3.63, 3.8) is 0 Å². The molecule has 0 aromatic carbocycles. The van der Waals surface area contributed by atoms with Gasteiger partial charge in [0, 0.05) is 29.6 Å². The van der Waals surface area contributed by atoms with Gasteiger partial charge in [-0.15, -0.1) is 0 Å². The minimum atomic E-state index is -0.826. The summed E-state index contributed by atoms with van der Waals surface area (Å²) < 4.78 is 0. The first kappa shape index (κ1) is 27.5. The van der Waals surface area contributed by atoms with Crippen LogP contribution in [0, 0.1) is 89.8 Å². The average Bonchev–Trinajstić information content (AvgIpc) is 3.43. The van der Waals surface area contributed by atoms with Crippen LogP contribution in [0.2, 0.25) is 0 Å². The summed E-state index contributed by atoms with van der Waals surface area (Å²) in [5.41, 5.74) is -0.0332. The molecule has 0 amide bonds. The summed E-state index contributed by atoms with van der Waals surface area (Å²) in [7, 11) is 9.87. The van der Waals surface area contributed by atoms with E-state index in [1.54, 1.807) is 5.92 Å². The fourth-order valence-electron chi connectivity index (χ4n) is 6.50. The molecule has 0 unspecified atom stereocenters. The Morgan fingerprint density at radius 3 is 1.91 bits per heavy atom. The molecule has 34 heavy (non-hydrogen) atoms. The summed E-state index contributed by atoms with van der Waals surface area (Å²) in [4.78, 5) is 0. The topological polar surface area (TPSA) is 0 Å². The van der Waals surface area contributed by atoms with Crippen LogP contribution in [0.4, 0.5) is 0 Å². The predicted molar refractivity (Wildman–Crippen MR) is 142 cm³/mol. The van der Waals surface area contributed by atoms with E-state index in [1.807, 2.05) is 0 Å². The summed E-state index contributed by atoms with van der Waals surface area (Å²) in [5, 5.41) is 0. The first-order valence-electron chi connectivity index (χ1n) is 12.6. The van der Waals surface area contributed by atoms with Gasteiger partial charge in [0.1, 0.15) is 0 Å². The van der Waals surface area contributed by atoms with Crippen LogP contribution in [0.15, 0.2) is 48.6 Å². The van der Waals surface area contributed by atoms with Crippen LogP contribution < -0.4 is 0 Å². The van der Waals surface area contributed by atoms with E-state index in [1.165, 1.54) is 54.8 Å². The molecule has 0 saturated heterocycles. The predicted octanol–water partition coefficient (Wildman–Crippen LogP) is 9.01. The fourth-order valence-corrected chi connectivity index (χ4v) is 6.50. The van der Waals surface area contributed by atoms with Crippen molar-refractivity contribution in [2.45, 2.75) is 53.9 Å². The van der Waals surface area contributed by atoms with Gasteiger partial charge in [-0.05, 0) is 73.0 Å². The zero-order chi connectivity index (χ0) is 24.5. The van der Waals surface area contributed by atoms with Gasteiger partial charge in [0.2, 0.25) is 0 Å². The zero-order valence-corrected chi connectivity index (χ0v) is 25.0. The van der Waals surface area contributed by atoms with E-state index >= 15 is 0 Å². The molecule has 5 aliphatic rings. The second-order valence-electron chi connectivity index (χ2n) is 11.0. The van der Waals surface area contributed by atoms with E-state index in [0.717, 1.165) is 17.8 Å². The Hall–Kier alpha value is 0.423. The molecule has 0 heterocycles. The van der Waals surface area contributed by atoms with Crippen molar-refractivity contribution < 1.29 is 20.8 Å². The van der Waals surface area contributed by atoms with Crippen molar-refractivity contribution in [2.75, 3.05) is 0 Å². The number of fused-ring (bicyclic) bond motifs is 3. The van der Waals surface area contributed by atoms with Gasteiger partial charge in [0.15, 0.2) is 0 Å². The Bertz CT molecular complexity index is 759. The molecule has 0 spiro atoms. The number of halogens is 2. The Morgan fingerprint density at radius 1 is 0.853 bits per heavy atom. The van der Waals surface area contributed by atoms with Gasteiger partial charge in [-0.2, -0.15) is 0 Å². The Morgan fingerprint density at radius 2 is 1.38 bits per heavy atom. The molecule has 3 saturated carbocycles. The Balaban J connectivity index is 0.000000868. The number of hydrogen-bond acceptors (Lipinski definition) is 0. The third kappa shape index (κ3) is 5.48. The van der Waals surface area contributed by atoms with Crippen molar-refractivity contribution in [3.05, 3.63) is 109 Å². The second-order valence-corrected chi connectivity index (χ2v) is 14.8. The second kappa shape index (κ2) is 11.9. The van der Waals surface area contributed by atoms with Crippen LogP contribution in [0.5, 0.6) is 0 Å². The molecule has 0 aromatic rings. The summed E-state index contributed by atoms with van der Waals surface area (Å²) >= 11 is -0.826. The molecule has 5 rings (SSSR count). The third-order valence-electron chi connectivity index (χ3n) is 8.26. The molecule has 3 heteroatoms. The summed E-state index contributed by atoms with van der Waals surface area (Å²) in [6, 6.07) is 0. The molecule has 5 aliphatic carbocycles. The number of rotatable bonds is 4. The van der Waals surface area contributed by atoms with Crippen molar-refractivity contribution in [1.29, 1.82) is 0 Å². The Kier molecular flexibility index (Phi) is 9.58. The summed E-state index contributed by atoms with van der Waals surface area (Å²) in [6.07, 6.45) is 29.4. The summed E-state index contributed by atoms with van der Waals surface area (Å²) in [6.45, 7) is 12.1. The van der Waals surface area contributed by atoms with Crippen LogP contribution in [-0.2, 0) is 20.8 Å². The van der Waals surface area contributed by atoms with Crippen LogP contribution in [0.3, 0.4) is 0 Å². The van der Waals surface area contributed by atoms with E-state index in [-0.39, 0.29) is 5.41 Å². The number of hydrogen-bond donors (Lipinski definition) is 0. The molecule has 0 aliphatic heterocycles. The van der Waals surface area contributed by atoms with Gasteiger partial charge in [-0.3, -0.25) is 0 Å². The molecule has 0 nitrogen and oxygen atoms in total. The fraction of sp³-hybridized carbons (Fsp3) is 0.419. The number of allylic oxidation sites excluding steroid dienone is 8. The van der Waals surface area contributed by atoms with Crippen molar-refractivity contribution >= 4 is 17.0 Å². The molecule has 10 radical (unpaired) electrons. The molecule has 0 N–H and O–H groups in total. The quantitative estimate of drug-likeness (QED) is 0.316. The van der Waals surface area contributed by atoms with Crippen molar-refractivity contribution in [3.8, 4) is 0 Å². The van der Waals surface area contributed by atoms with E-state index in [9.17, 15) is 0 Å². The van der Waals surface area contributed by atoms with Gasteiger partial charge in [-0.25, -0.2) is 0 Å². The zero-order valence-electron chi connectivity index (χ0n) is 21.0. The van der Waals surface area contributed by atoms with Gasteiger partial charge in [0.05, 0.1) is 0 Å². The van der Waals surface area contributed by atoms with Gasteiger partial charge >= 0.3 is 37.9 Å². The molecular formula is C31H36Cl2Zr+2.